The van der Waals surface area contributed by atoms with Gasteiger partial charge in [0.25, 0.3) is 0 Å². The monoisotopic (exact) mass is 238 g/mol. The molecule has 5 heteroatoms. The minimum atomic E-state index is -0.173. The van der Waals surface area contributed by atoms with Crippen molar-refractivity contribution in [3.8, 4) is 5.88 Å². The number of nitrogens with one attached hydrogen (secondary N) is 1. The third-order valence-electron chi connectivity index (χ3n) is 2.15. The van der Waals surface area contributed by atoms with Crippen LogP contribution in [0.25, 0.3) is 0 Å². The number of carbonyl (C=O) groups is 1. The number of ether oxygens (including phenoxy) is 2. The number of rotatable bonds is 7. The van der Waals surface area contributed by atoms with E-state index >= 15 is 0 Å². The Hall–Kier alpha value is -1.62. The first-order valence-corrected chi connectivity index (χ1v) is 5.61. The summed E-state index contributed by atoms with van der Waals surface area (Å²) in [6, 6.07) is 3.74. The molecule has 0 aromatic carbocycles. The molecule has 1 N–H and O–H groups in total. The molecule has 0 spiro atoms. The van der Waals surface area contributed by atoms with Gasteiger partial charge in [-0.05, 0) is 12.5 Å². The van der Waals surface area contributed by atoms with Gasteiger partial charge in [0, 0.05) is 25.4 Å². The Labute approximate surface area is 101 Å². The van der Waals surface area contributed by atoms with Crippen LogP contribution in [0.2, 0.25) is 0 Å². The number of nitrogens with zero attached hydrogens (tertiary/aromatic N) is 1. The molecule has 0 aliphatic heterocycles. The lowest BCUT2D eigenvalue weighted by atomic mass is 10.3. The summed E-state index contributed by atoms with van der Waals surface area (Å²) in [6.07, 6.45) is 2.13. The van der Waals surface area contributed by atoms with Crippen molar-refractivity contribution in [1.82, 2.24) is 10.3 Å². The van der Waals surface area contributed by atoms with Crippen molar-refractivity contribution in [2.24, 2.45) is 0 Å². The van der Waals surface area contributed by atoms with E-state index in [-0.39, 0.29) is 5.97 Å². The highest BCUT2D eigenvalue weighted by Gasteiger charge is 2.00. The first-order chi connectivity index (χ1) is 8.26. The molecule has 1 aromatic heterocycles. The SMILES string of the molecule is CCOC(=O)CCNCc1ccc(OC)nc1. The van der Waals surface area contributed by atoms with Gasteiger partial charge in [-0.25, -0.2) is 4.98 Å². The third-order valence-corrected chi connectivity index (χ3v) is 2.15. The lowest BCUT2D eigenvalue weighted by molar-refractivity contribution is -0.142. The zero-order valence-corrected chi connectivity index (χ0v) is 10.2. The highest BCUT2D eigenvalue weighted by molar-refractivity contribution is 5.69. The average Bonchev–Trinajstić information content (AvgIpc) is 2.36. The average molecular weight is 238 g/mol. The van der Waals surface area contributed by atoms with Crippen LogP contribution in [0, 0.1) is 0 Å². The summed E-state index contributed by atoms with van der Waals surface area (Å²) in [5.74, 6) is 0.424. The number of hydrogen-bond donors (Lipinski definition) is 1. The van der Waals surface area contributed by atoms with E-state index in [1.165, 1.54) is 0 Å². The summed E-state index contributed by atoms with van der Waals surface area (Å²) >= 11 is 0. The number of methoxy groups -OCH3 is 1. The van der Waals surface area contributed by atoms with Crippen LogP contribution in [0.3, 0.4) is 0 Å². The Morgan fingerprint density at radius 1 is 1.47 bits per heavy atom. The van der Waals surface area contributed by atoms with Crippen LogP contribution in [-0.4, -0.2) is 31.2 Å². The van der Waals surface area contributed by atoms with Crippen molar-refractivity contribution in [3.63, 3.8) is 0 Å². The molecule has 0 saturated carbocycles. The molecule has 94 valence electrons. The summed E-state index contributed by atoms with van der Waals surface area (Å²) in [4.78, 5) is 15.1. The van der Waals surface area contributed by atoms with Gasteiger partial charge in [0.15, 0.2) is 0 Å². The molecule has 0 aliphatic carbocycles. The maximum Gasteiger partial charge on any atom is 0.307 e. The molecule has 1 aromatic rings. The second-order valence-electron chi connectivity index (χ2n) is 3.44. The first kappa shape index (κ1) is 13.4. The molecular weight excluding hydrogens is 220 g/mol. The quantitative estimate of drug-likeness (QED) is 0.570. The first-order valence-electron chi connectivity index (χ1n) is 5.61. The molecule has 0 atom stereocenters. The predicted molar refractivity (Wildman–Crippen MR) is 63.7 cm³/mol. The molecule has 17 heavy (non-hydrogen) atoms. The van der Waals surface area contributed by atoms with Gasteiger partial charge >= 0.3 is 5.97 Å². The van der Waals surface area contributed by atoms with Crippen molar-refractivity contribution in [3.05, 3.63) is 23.9 Å². The topological polar surface area (TPSA) is 60.5 Å². The summed E-state index contributed by atoms with van der Waals surface area (Å²) < 4.78 is 9.78. The zero-order valence-electron chi connectivity index (χ0n) is 10.2. The summed E-state index contributed by atoms with van der Waals surface area (Å²) in [7, 11) is 1.58. The van der Waals surface area contributed by atoms with Gasteiger partial charge in [0.2, 0.25) is 5.88 Å². The molecule has 0 amide bonds. The van der Waals surface area contributed by atoms with Crippen LogP contribution in [0.4, 0.5) is 0 Å². The van der Waals surface area contributed by atoms with Gasteiger partial charge in [-0.2, -0.15) is 0 Å². The molecular formula is C12H18N2O3. The lowest BCUT2D eigenvalue weighted by Gasteiger charge is -2.05. The summed E-state index contributed by atoms with van der Waals surface area (Å²) in [5.41, 5.74) is 1.05. The molecule has 0 radical (unpaired) electrons. The van der Waals surface area contributed by atoms with Crippen molar-refractivity contribution in [2.75, 3.05) is 20.3 Å². The summed E-state index contributed by atoms with van der Waals surface area (Å²) in [6.45, 7) is 3.51. The molecule has 0 unspecified atom stereocenters. The van der Waals surface area contributed by atoms with Crippen molar-refractivity contribution in [2.45, 2.75) is 19.9 Å². The van der Waals surface area contributed by atoms with Crippen LogP contribution < -0.4 is 10.1 Å². The minimum Gasteiger partial charge on any atom is -0.481 e. The van der Waals surface area contributed by atoms with E-state index in [9.17, 15) is 4.79 Å². The van der Waals surface area contributed by atoms with E-state index in [0.717, 1.165) is 5.56 Å². The van der Waals surface area contributed by atoms with Gasteiger partial charge < -0.3 is 14.8 Å². The minimum absolute atomic E-state index is 0.173. The van der Waals surface area contributed by atoms with Gasteiger partial charge in [-0.15, -0.1) is 0 Å². The van der Waals surface area contributed by atoms with E-state index in [1.54, 1.807) is 20.2 Å². The second-order valence-corrected chi connectivity index (χ2v) is 3.44. The molecule has 0 saturated heterocycles. The zero-order chi connectivity index (χ0) is 12.5. The second kappa shape index (κ2) is 7.62. The van der Waals surface area contributed by atoms with Crippen LogP contribution in [0.5, 0.6) is 5.88 Å². The van der Waals surface area contributed by atoms with Crippen LogP contribution in [0.15, 0.2) is 18.3 Å². The van der Waals surface area contributed by atoms with Crippen molar-refractivity contribution < 1.29 is 14.3 Å². The van der Waals surface area contributed by atoms with Gasteiger partial charge in [-0.1, -0.05) is 6.07 Å². The molecule has 1 heterocycles. The molecule has 0 bridgehead atoms. The van der Waals surface area contributed by atoms with Gasteiger partial charge in [-0.3, -0.25) is 4.79 Å². The fourth-order valence-electron chi connectivity index (χ4n) is 1.29. The van der Waals surface area contributed by atoms with E-state index in [0.29, 0.717) is 32.0 Å². The van der Waals surface area contributed by atoms with Crippen LogP contribution in [-0.2, 0) is 16.1 Å². The molecule has 0 fully saturated rings. The Morgan fingerprint density at radius 3 is 2.88 bits per heavy atom. The lowest BCUT2D eigenvalue weighted by Crippen LogP contribution is -2.19. The standard InChI is InChI=1S/C12H18N2O3/c1-3-17-12(15)6-7-13-8-10-4-5-11(16-2)14-9-10/h4-5,9,13H,3,6-8H2,1-2H3. The van der Waals surface area contributed by atoms with Crippen molar-refractivity contribution in [1.29, 1.82) is 0 Å². The Morgan fingerprint density at radius 2 is 2.29 bits per heavy atom. The number of aromatic nitrogens is 1. The van der Waals surface area contributed by atoms with Crippen molar-refractivity contribution >= 4 is 5.97 Å². The maximum atomic E-state index is 11.0. The largest absolute Gasteiger partial charge is 0.481 e. The Balaban J connectivity index is 2.19. The highest BCUT2D eigenvalue weighted by Crippen LogP contribution is 2.05. The van der Waals surface area contributed by atoms with E-state index in [4.69, 9.17) is 9.47 Å². The van der Waals surface area contributed by atoms with E-state index in [1.807, 2.05) is 12.1 Å². The number of pyridine rings is 1. The third kappa shape index (κ3) is 5.31. The molecule has 0 aliphatic rings. The smallest absolute Gasteiger partial charge is 0.307 e. The normalized spacial score (nSPS) is 10.0. The number of esters is 1. The fraction of sp³-hybridized carbons (Fsp3) is 0.500. The Kier molecular flexibility index (Phi) is 6.03. The number of hydrogen-bond acceptors (Lipinski definition) is 5. The molecule has 5 nitrogen and oxygen atoms in total. The summed E-state index contributed by atoms with van der Waals surface area (Å²) in [5, 5.41) is 3.15. The highest BCUT2D eigenvalue weighted by atomic mass is 16.5. The van der Waals surface area contributed by atoms with Crippen LogP contribution in [0.1, 0.15) is 18.9 Å². The maximum absolute atomic E-state index is 11.0. The fourth-order valence-corrected chi connectivity index (χ4v) is 1.29. The molecule has 1 rings (SSSR count). The van der Waals surface area contributed by atoms with Gasteiger partial charge in [0.05, 0.1) is 20.1 Å². The number of carbonyl (C=O) groups excluding carboxylic acids is 1. The van der Waals surface area contributed by atoms with Crippen LogP contribution >= 0.6 is 0 Å². The Bertz CT molecular complexity index is 338. The van der Waals surface area contributed by atoms with E-state index < -0.39 is 0 Å². The predicted octanol–water partition coefficient (Wildman–Crippen LogP) is 1.13. The van der Waals surface area contributed by atoms with Gasteiger partial charge in [0.1, 0.15) is 0 Å². The van der Waals surface area contributed by atoms with E-state index in [2.05, 4.69) is 10.3 Å².